The Morgan fingerprint density at radius 1 is 0.355 bits per heavy atom. The maximum Gasteiger partial charge on any atom is 0.0991 e. The summed E-state index contributed by atoms with van der Waals surface area (Å²) in [4.78, 5) is 0. The smallest absolute Gasteiger partial charge is 0.0991 e. The minimum Gasteiger partial charge on any atom is -0.309 e. The molecule has 10 rings (SSSR count). The lowest BCUT2D eigenvalue weighted by atomic mass is 9.86. The van der Waals surface area contributed by atoms with Crippen molar-refractivity contribution in [3.05, 3.63) is 192 Å². The predicted molar refractivity (Wildman–Crippen MR) is 258 cm³/mol. The van der Waals surface area contributed by atoms with Gasteiger partial charge in [0.05, 0.1) is 56.7 Å². The first kappa shape index (κ1) is 38.5. The Balaban J connectivity index is 1.31. The average Bonchev–Trinajstić information content (AvgIpc) is 3.79. The van der Waals surface area contributed by atoms with Crippen molar-refractivity contribution < 1.29 is 0 Å². The highest BCUT2D eigenvalue weighted by atomic mass is 15.0. The average molecular weight is 799 g/mol. The van der Waals surface area contributed by atoms with E-state index in [0.29, 0.717) is 11.1 Å². The highest BCUT2D eigenvalue weighted by Gasteiger charge is 2.24. The number of hydrogen-bond acceptors (Lipinski definition) is 2. The number of rotatable bonds is 5. The van der Waals surface area contributed by atoms with Crippen molar-refractivity contribution in [3.63, 3.8) is 0 Å². The van der Waals surface area contributed by atoms with E-state index in [-0.39, 0.29) is 10.8 Å². The van der Waals surface area contributed by atoms with Crippen molar-refractivity contribution >= 4 is 43.6 Å². The molecule has 0 radical (unpaired) electrons. The van der Waals surface area contributed by atoms with Crippen molar-refractivity contribution in [1.29, 1.82) is 10.5 Å². The summed E-state index contributed by atoms with van der Waals surface area (Å²) >= 11 is 0. The third kappa shape index (κ3) is 6.44. The van der Waals surface area contributed by atoms with Gasteiger partial charge in [0.1, 0.15) is 0 Å². The molecule has 0 amide bonds. The van der Waals surface area contributed by atoms with Crippen molar-refractivity contribution in [2.75, 3.05) is 0 Å². The first-order valence-electron chi connectivity index (χ1n) is 21.3. The van der Waals surface area contributed by atoms with Gasteiger partial charge in [-0.2, -0.15) is 10.5 Å². The second-order valence-corrected chi connectivity index (χ2v) is 18.5. The summed E-state index contributed by atoms with van der Waals surface area (Å²) in [6.07, 6.45) is 0. The van der Waals surface area contributed by atoms with E-state index < -0.39 is 0 Å². The standard InChI is InChI=1S/C58H46N4/c1-57(2,3)43-21-27-53-49(33-43)45-23-19-41(39-13-9-7-10-14-39)31-55(45)61(53)51-25-17-37(35-59)29-47(51)48-30-38(36-60)18-26-52(48)62-54-28-22-44(58(4,5)6)34-50(54)46-24-20-42(32-56(46)62)40-15-11-8-12-16-40/h7-34H,1-6H3. The number of fused-ring (bicyclic) bond motifs is 6. The maximum absolute atomic E-state index is 10.5. The first-order chi connectivity index (χ1) is 29.9. The van der Waals surface area contributed by atoms with Gasteiger partial charge in [-0.3, -0.25) is 0 Å². The zero-order valence-corrected chi connectivity index (χ0v) is 36.0. The summed E-state index contributed by atoms with van der Waals surface area (Å²) in [5.74, 6) is 0. The van der Waals surface area contributed by atoms with Gasteiger partial charge in [-0.1, -0.05) is 139 Å². The van der Waals surface area contributed by atoms with Crippen molar-refractivity contribution in [2.24, 2.45) is 0 Å². The summed E-state index contributed by atoms with van der Waals surface area (Å²) in [6, 6.07) is 65.1. The first-order valence-corrected chi connectivity index (χ1v) is 21.3. The van der Waals surface area contributed by atoms with Gasteiger partial charge in [0.25, 0.3) is 0 Å². The number of nitriles is 2. The molecule has 2 aromatic heterocycles. The van der Waals surface area contributed by atoms with Crippen LogP contribution in [0.3, 0.4) is 0 Å². The Bertz CT molecular complexity index is 3250. The van der Waals surface area contributed by atoms with Gasteiger partial charge in [0.2, 0.25) is 0 Å². The van der Waals surface area contributed by atoms with E-state index in [1.807, 2.05) is 36.4 Å². The number of nitrogens with zero attached hydrogens (tertiary/aromatic N) is 4. The SMILES string of the molecule is CC(C)(C)c1ccc2c(c1)c1ccc(-c3ccccc3)cc1n2-c1ccc(C#N)cc1-c1cc(C#N)ccc1-n1c2ccc(C(C)(C)C)cc2c2ccc(-c3ccccc3)cc21. The molecule has 298 valence electrons. The molecule has 4 heteroatoms. The lowest BCUT2D eigenvalue weighted by Crippen LogP contribution is -2.10. The number of aromatic nitrogens is 2. The molecule has 0 aliphatic carbocycles. The van der Waals surface area contributed by atoms with E-state index in [9.17, 15) is 10.5 Å². The van der Waals surface area contributed by atoms with Gasteiger partial charge in [0.15, 0.2) is 0 Å². The fraction of sp³-hybridized carbons (Fsp3) is 0.138. The Morgan fingerprint density at radius 2 is 0.758 bits per heavy atom. The topological polar surface area (TPSA) is 57.4 Å². The maximum atomic E-state index is 10.5. The minimum atomic E-state index is -0.0465. The molecule has 0 unspecified atom stereocenters. The van der Waals surface area contributed by atoms with Gasteiger partial charge in [-0.15, -0.1) is 0 Å². The Morgan fingerprint density at radius 3 is 1.13 bits per heavy atom. The monoisotopic (exact) mass is 798 g/mol. The number of hydrogen-bond donors (Lipinski definition) is 0. The number of benzene rings is 8. The molecule has 0 saturated heterocycles. The molecule has 0 aliphatic rings. The normalized spacial score (nSPS) is 12.0. The van der Waals surface area contributed by atoms with Crippen LogP contribution in [-0.2, 0) is 10.8 Å². The van der Waals surface area contributed by atoms with Gasteiger partial charge in [0, 0.05) is 32.7 Å². The van der Waals surface area contributed by atoms with E-state index >= 15 is 0 Å². The fourth-order valence-corrected chi connectivity index (χ4v) is 9.15. The van der Waals surface area contributed by atoms with Crippen LogP contribution < -0.4 is 0 Å². The molecule has 0 saturated carbocycles. The predicted octanol–water partition coefficient (Wildman–Crippen LogP) is 15.2. The second-order valence-electron chi connectivity index (χ2n) is 18.5. The highest BCUT2D eigenvalue weighted by molar-refractivity contribution is 6.13. The van der Waals surface area contributed by atoms with Gasteiger partial charge in [-0.25, -0.2) is 0 Å². The van der Waals surface area contributed by atoms with Crippen LogP contribution in [0.2, 0.25) is 0 Å². The molecular formula is C58H46N4. The molecular weight excluding hydrogens is 753 g/mol. The van der Waals surface area contributed by atoms with Crippen LogP contribution in [0.25, 0.3) is 88.4 Å². The van der Waals surface area contributed by atoms with Crippen LogP contribution in [0.1, 0.15) is 63.8 Å². The third-order valence-corrected chi connectivity index (χ3v) is 12.5. The summed E-state index contributed by atoms with van der Waals surface area (Å²) in [7, 11) is 0. The fourth-order valence-electron chi connectivity index (χ4n) is 9.15. The lowest BCUT2D eigenvalue weighted by Gasteiger charge is -2.21. The van der Waals surface area contributed by atoms with E-state index in [1.165, 1.54) is 21.9 Å². The molecule has 2 heterocycles. The van der Waals surface area contributed by atoms with Crippen molar-refractivity contribution in [2.45, 2.75) is 52.4 Å². The van der Waals surface area contributed by atoms with E-state index in [4.69, 9.17) is 0 Å². The second kappa shape index (κ2) is 14.5. The van der Waals surface area contributed by atoms with E-state index in [1.54, 1.807) is 0 Å². The Hall–Kier alpha value is -7.66. The molecule has 0 N–H and O–H groups in total. The molecule has 0 atom stereocenters. The Labute approximate surface area is 363 Å². The molecule has 0 aliphatic heterocycles. The van der Waals surface area contributed by atoms with Crippen LogP contribution in [0.4, 0.5) is 0 Å². The van der Waals surface area contributed by atoms with E-state index in [0.717, 1.165) is 77.6 Å². The molecule has 0 fully saturated rings. The van der Waals surface area contributed by atoms with Crippen LogP contribution in [0.15, 0.2) is 170 Å². The molecule has 10 aromatic rings. The van der Waals surface area contributed by atoms with Crippen LogP contribution in [0.5, 0.6) is 0 Å². The lowest BCUT2D eigenvalue weighted by molar-refractivity contribution is 0.591. The molecule has 0 spiro atoms. The minimum absolute atomic E-state index is 0.0465. The third-order valence-electron chi connectivity index (χ3n) is 12.5. The van der Waals surface area contributed by atoms with Crippen molar-refractivity contribution in [3.8, 4) is 56.9 Å². The van der Waals surface area contributed by atoms with Gasteiger partial charge >= 0.3 is 0 Å². The summed E-state index contributed by atoms with van der Waals surface area (Å²) < 4.78 is 4.72. The van der Waals surface area contributed by atoms with Crippen LogP contribution in [0, 0.1) is 22.7 Å². The molecule has 4 nitrogen and oxygen atoms in total. The van der Waals surface area contributed by atoms with E-state index in [2.05, 4.69) is 196 Å². The molecule has 62 heavy (non-hydrogen) atoms. The van der Waals surface area contributed by atoms with Crippen molar-refractivity contribution in [1.82, 2.24) is 9.13 Å². The van der Waals surface area contributed by atoms with Gasteiger partial charge in [-0.05, 0) is 117 Å². The summed E-state index contributed by atoms with van der Waals surface area (Å²) in [6.45, 7) is 13.5. The molecule has 0 bridgehead atoms. The molecule has 8 aromatic carbocycles. The van der Waals surface area contributed by atoms with Crippen LogP contribution >= 0.6 is 0 Å². The largest absolute Gasteiger partial charge is 0.309 e. The summed E-state index contributed by atoms with van der Waals surface area (Å²) in [5.41, 5.74) is 15.9. The highest BCUT2D eigenvalue weighted by Crippen LogP contribution is 2.44. The summed E-state index contributed by atoms with van der Waals surface area (Å²) in [5, 5.41) is 25.6. The quantitative estimate of drug-likeness (QED) is 0.174. The van der Waals surface area contributed by atoms with Gasteiger partial charge < -0.3 is 9.13 Å². The zero-order valence-electron chi connectivity index (χ0n) is 36.0. The van der Waals surface area contributed by atoms with Crippen LogP contribution in [-0.4, -0.2) is 9.13 Å². The zero-order chi connectivity index (χ0) is 42.9. The Kier molecular flexibility index (Phi) is 9.02.